The molecule has 2 aromatic rings. The standard InChI is InChI=1S/C15H16N4O4S/c1-2-3-13-17-18-15(24-8-14(20)21)19(13)16-7-10-4-5-11-12(6-10)23-9-22-11/h4-7H,2-3,8-9H2,1H3,(H,20,21)/p-1. The van der Waals surface area contributed by atoms with E-state index in [0.29, 0.717) is 28.9 Å². The Hall–Kier alpha value is -2.55. The van der Waals surface area contributed by atoms with Crippen LogP contribution in [0.4, 0.5) is 0 Å². The molecule has 1 aromatic heterocycles. The molecule has 0 saturated heterocycles. The molecule has 2 heterocycles. The summed E-state index contributed by atoms with van der Waals surface area (Å²) in [6.07, 6.45) is 3.22. The van der Waals surface area contributed by atoms with E-state index >= 15 is 0 Å². The van der Waals surface area contributed by atoms with Crippen molar-refractivity contribution in [1.82, 2.24) is 14.9 Å². The van der Waals surface area contributed by atoms with E-state index in [1.807, 2.05) is 25.1 Å². The Bertz CT molecular complexity index is 775. The van der Waals surface area contributed by atoms with E-state index in [2.05, 4.69) is 15.3 Å². The van der Waals surface area contributed by atoms with Gasteiger partial charge in [-0.05, 0) is 30.2 Å². The van der Waals surface area contributed by atoms with Gasteiger partial charge in [0.15, 0.2) is 17.3 Å². The monoisotopic (exact) mass is 347 g/mol. The maximum atomic E-state index is 10.7. The van der Waals surface area contributed by atoms with E-state index < -0.39 is 5.97 Å². The highest BCUT2D eigenvalue weighted by molar-refractivity contribution is 7.99. The number of aromatic nitrogens is 3. The predicted molar refractivity (Wildman–Crippen MR) is 85.3 cm³/mol. The molecule has 0 amide bonds. The molecular formula is C15H15N4O4S-. The fourth-order valence-electron chi connectivity index (χ4n) is 2.12. The smallest absolute Gasteiger partial charge is 0.231 e. The molecule has 0 spiro atoms. The Balaban J connectivity index is 1.84. The highest BCUT2D eigenvalue weighted by Gasteiger charge is 2.14. The number of carboxylic acid groups (broad SMARTS) is 1. The van der Waals surface area contributed by atoms with Crippen LogP contribution in [-0.4, -0.2) is 39.6 Å². The zero-order valence-corrected chi connectivity index (χ0v) is 13.8. The third-order valence-electron chi connectivity index (χ3n) is 3.19. The van der Waals surface area contributed by atoms with Crippen molar-refractivity contribution in [2.75, 3.05) is 12.5 Å². The summed E-state index contributed by atoms with van der Waals surface area (Å²) in [7, 11) is 0. The normalized spacial score (nSPS) is 12.9. The van der Waals surface area contributed by atoms with Gasteiger partial charge in [-0.2, -0.15) is 9.78 Å². The van der Waals surface area contributed by atoms with E-state index in [-0.39, 0.29) is 12.5 Å². The van der Waals surface area contributed by atoms with E-state index in [9.17, 15) is 9.90 Å². The minimum atomic E-state index is -1.16. The Morgan fingerprint density at radius 1 is 1.42 bits per heavy atom. The van der Waals surface area contributed by atoms with Crippen molar-refractivity contribution in [2.24, 2.45) is 5.10 Å². The lowest BCUT2D eigenvalue weighted by atomic mass is 10.2. The molecule has 0 saturated carbocycles. The van der Waals surface area contributed by atoms with E-state index in [0.717, 1.165) is 23.7 Å². The van der Waals surface area contributed by atoms with Crippen molar-refractivity contribution in [1.29, 1.82) is 0 Å². The molecule has 0 fully saturated rings. The van der Waals surface area contributed by atoms with E-state index in [1.54, 1.807) is 10.9 Å². The third-order valence-corrected chi connectivity index (χ3v) is 4.08. The van der Waals surface area contributed by atoms with Gasteiger partial charge < -0.3 is 19.4 Å². The Morgan fingerprint density at radius 3 is 3.04 bits per heavy atom. The zero-order valence-electron chi connectivity index (χ0n) is 13.0. The average molecular weight is 347 g/mol. The van der Waals surface area contributed by atoms with Crippen molar-refractivity contribution < 1.29 is 19.4 Å². The molecule has 0 bridgehead atoms. The van der Waals surface area contributed by atoms with Gasteiger partial charge in [0.05, 0.1) is 12.2 Å². The SMILES string of the molecule is CCCc1nnc(SCC(=O)[O-])n1N=Cc1ccc2c(c1)OCO2. The van der Waals surface area contributed by atoms with Gasteiger partial charge in [-0.25, -0.2) is 0 Å². The topological polar surface area (TPSA) is 102 Å². The predicted octanol–water partition coefficient (Wildman–Crippen LogP) is 0.683. The second-order valence-electron chi connectivity index (χ2n) is 4.98. The lowest BCUT2D eigenvalue weighted by Gasteiger charge is -2.04. The number of benzene rings is 1. The number of carboxylic acids is 1. The summed E-state index contributed by atoms with van der Waals surface area (Å²) in [5.74, 6) is 0.683. The lowest BCUT2D eigenvalue weighted by molar-refractivity contribution is -0.301. The highest BCUT2D eigenvalue weighted by atomic mass is 32.2. The lowest BCUT2D eigenvalue weighted by Crippen LogP contribution is -2.24. The van der Waals surface area contributed by atoms with Crippen LogP contribution in [0.15, 0.2) is 28.5 Å². The van der Waals surface area contributed by atoms with Crippen LogP contribution in [0.2, 0.25) is 0 Å². The number of ether oxygens (including phenoxy) is 2. The summed E-state index contributed by atoms with van der Waals surface area (Å²) < 4.78 is 12.2. The summed E-state index contributed by atoms with van der Waals surface area (Å²) in [6.45, 7) is 2.24. The number of carbonyl (C=O) groups excluding carboxylic acids is 1. The summed E-state index contributed by atoms with van der Waals surface area (Å²) in [6, 6.07) is 5.49. The second kappa shape index (κ2) is 7.35. The fraction of sp³-hybridized carbons (Fsp3) is 0.333. The number of rotatable bonds is 7. The molecule has 1 aliphatic heterocycles. The van der Waals surface area contributed by atoms with Gasteiger partial charge in [0, 0.05) is 12.2 Å². The van der Waals surface area contributed by atoms with Crippen molar-refractivity contribution in [2.45, 2.75) is 24.9 Å². The minimum Gasteiger partial charge on any atom is -0.549 e. The van der Waals surface area contributed by atoms with Crippen LogP contribution in [0.5, 0.6) is 11.5 Å². The summed E-state index contributed by atoms with van der Waals surface area (Å²) in [4.78, 5) is 10.7. The van der Waals surface area contributed by atoms with Crippen LogP contribution in [-0.2, 0) is 11.2 Å². The van der Waals surface area contributed by atoms with Gasteiger partial charge in [0.25, 0.3) is 0 Å². The quantitative estimate of drug-likeness (QED) is 0.536. The van der Waals surface area contributed by atoms with Gasteiger partial charge >= 0.3 is 0 Å². The number of hydrogen-bond acceptors (Lipinski definition) is 8. The number of carbonyl (C=O) groups is 1. The van der Waals surface area contributed by atoms with Crippen LogP contribution >= 0.6 is 11.8 Å². The minimum absolute atomic E-state index is 0.205. The van der Waals surface area contributed by atoms with Crippen molar-refractivity contribution in [3.05, 3.63) is 29.6 Å². The number of aliphatic carboxylic acids is 1. The van der Waals surface area contributed by atoms with Gasteiger partial charge in [0.2, 0.25) is 11.9 Å². The van der Waals surface area contributed by atoms with Crippen LogP contribution in [0.25, 0.3) is 0 Å². The van der Waals surface area contributed by atoms with E-state index in [4.69, 9.17) is 9.47 Å². The summed E-state index contributed by atoms with van der Waals surface area (Å²) in [5, 5.41) is 23.5. The van der Waals surface area contributed by atoms with Crippen molar-refractivity contribution in [3.8, 4) is 11.5 Å². The first-order chi connectivity index (χ1) is 11.7. The molecule has 24 heavy (non-hydrogen) atoms. The van der Waals surface area contributed by atoms with Crippen LogP contribution in [0.1, 0.15) is 24.7 Å². The van der Waals surface area contributed by atoms with Gasteiger partial charge in [-0.1, -0.05) is 18.7 Å². The molecule has 0 atom stereocenters. The number of fused-ring (bicyclic) bond motifs is 1. The number of nitrogens with zero attached hydrogens (tertiary/aromatic N) is 4. The molecule has 126 valence electrons. The molecule has 0 aliphatic carbocycles. The Morgan fingerprint density at radius 2 is 2.25 bits per heavy atom. The largest absolute Gasteiger partial charge is 0.549 e. The summed E-state index contributed by atoms with van der Waals surface area (Å²) in [5.41, 5.74) is 0.825. The molecule has 0 N–H and O–H groups in total. The van der Waals surface area contributed by atoms with Gasteiger partial charge in [-0.15, -0.1) is 10.2 Å². The maximum absolute atomic E-state index is 10.7. The molecule has 0 unspecified atom stereocenters. The number of hydrogen-bond donors (Lipinski definition) is 0. The molecule has 8 nitrogen and oxygen atoms in total. The number of thioether (sulfide) groups is 1. The molecule has 3 rings (SSSR count). The zero-order chi connectivity index (χ0) is 16.9. The first-order valence-corrected chi connectivity index (χ1v) is 8.37. The molecule has 1 aliphatic rings. The maximum Gasteiger partial charge on any atom is 0.231 e. The first kappa shape index (κ1) is 16.3. The molecule has 0 radical (unpaired) electrons. The first-order valence-electron chi connectivity index (χ1n) is 7.38. The molecule has 9 heteroatoms. The van der Waals surface area contributed by atoms with Gasteiger partial charge in [-0.3, -0.25) is 0 Å². The van der Waals surface area contributed by atoms with Crippen molar-refractivity contribution in [3.63, 3.8) is 0 Å². The molecule has 1 aromatic carbocycles. The Labute approximate surface area is 142 Å². The van der Waals surface area contributed by atoms with Gasteiger partial charge in [0.1, 0.15) is 0 Å². The third kappa shape index (κ3) is 3.67. The van der Waals surface area contributed by atoms with Crippen LogP contribution in [0, 0.1) is 0 Å². The highest BCUT2D eigenvalue weighted by Crippen LogP contribution is 2.32. The second-order valence-corrected chi connectivity index (χ2v) is 5.92. The average Bonchev–Trinajstić information content (AvgIpc) is 3.17. The van der Waals surface area contributed by atoms with Crippen molar-refractivity contribution >= 4 is 23.9 Å². The Kier molecular flexibility index (Phi) is 4.99. The molecular weight excluding hydrogens is 332 g/mol. The van der Waals surface area contributed by atoms with E-state index in [1.165, 1.54) is 0 Å². The fourth-order valence-corrected chi connectivity index (χ4v) is 2.74. The van der Waals surface area contributed by atoms with Crippen LogP contribution in [0.3, 0.4) is 0 Å². The van der Waals surface area contributed by atoms with Crippen LogP contribution < -0.4 is 14.6 Å². The summed E-state index contributed by atoms with van der Waals surface area (Å²) >= 11 is 1.03. The number of aryl methyl sites for hydroxylation is 1.